The van der Waals surface area contributed by atoms with E-state index in [4.69, 9.17) is 24.9 Å². The van der Waals surface area contributed by atoms with Gasteiger partial charge in [-0.1, -0.05) is 122 Å². The average molecular weight is 643 g/mol. The van der Waals surface area contributed by atoms with E-state index in [-0.39, 0.29) is 47.1 Å². The van der Waals surface area contributed by atoms with Gasteiger partial charge in [-0.3, -0.25) is 0 Å². The van der Waals surface area contributed by atoms with Gasteiger partial charge in [0.15, 0.2) is 17.5 Å². The van der Waals surface area contributed by atoms with Crippen LogP contribution in [0.1, 0.15) is 58.2 Å². The van der Waals surface area contributed by atoms with Crippen molar-refractivity contribution in [1.82, 2.24) is 15.0 Å². The fraction of sp³-hybridized carbons (Fsp3) is 0.133. The number of nitrogens with zero attached hydrogens (tertiary/aromatic N) is 3. The van der Waals surface area contributed by atoms with Crippen LogP contribution in [0.4, 0.5) is 0 Å². The van der Waals surface area contributed by atoms with Crippen LogP contribution in [-0.2, 0) is 5.41 Å². The predicted octanol–water partition coefficient (Wildman–Crippen LogP) is 11.7. The number of hydrogen-bond donors (Lipinski definition) is 0. The van der Waals surface area contributed by atoms with Gasteiger partial charge in [0.25, 0.3) is 0 Å². The van der Waals surface area contributed by atoms with Gasteiger partial charge >= 0.3 is 0 Å². The highest BCUT2D eigenvalue weighted by atomic mass is 16.3. The van der Waals surface area contributed by atoms with Gasteiger partial charge in [0.2, 0.25) is 0 Å². The fourth-order valence-corrected chi connectivity index (χ4v) is 6.99. The molecule has 0 bridgehead atoms. The molecule has 4 nitrogen and oxygen atoms in total. The van der Waals surface area contributed by atoms with Gasteiger partial charge in [0.1, 0.15) is 11.2 Å². The molecule has 0 amide bonds. The van der Waals surface area contributed by atoms with E-state index in [0.29, 0.717) is 45.2 Å². The van der Waals surface area contributed by atoms with E-state index in [1.807, 2.05) is 78.9 Å². The largest absolute Gasteiger partial charge is 0.456 e. The second-order valence-corrected chi connectivity index (χ2v) is 12.3. The average Bonchev–Trinajstić information content (AvgIpc) is 3.79. The lowest BCUT2D eigenvalue weighted by molar-refractivity contribution is 0.353. The van der Waals surface area contributed by atoms with Crippen LogP contribution in [0.15, 0.2) is 144 Å². The second-order valence-electron chi connectivity index (χ2n) is 12.3. The van der Waals surface area contributed by atoms with Crippen molar-refractivity contribution in [3.63, 3.8) is 0 Å². The lowest BCUT2D eigenvalue weighted by atomic mass is 9.67. The molecule has 2 aromatic heterocycles. The lowest BCUT2D eigenvalue weighted by Crippen LogP contribution is -2.28. The molecule has 0 unspecified atom stereocenters. The zero-order valence-electron chi connectivity index (χ0n) is 37.1. The monoisotopic (exact) mass is 642 g/mol. The Kier molecular flexibility index (Phi) is 4.35. The van der Waals surface area contributed by atoms with Crippen LogP contribution in [0.2, 0.25) is 0 Å². The maximum Gasteiger partial charge on any atom is 0.164 e. The smallest absolute Gasteiger partial charge is 0.164 e. The van der Waals surface area contributed by atoms with E-state index < -0.39 is 60.5 Å². The number of fused-ring (bicyclic) bond motifs is 8. The molecule has 49 heavy (non-hydrogen) atoms. The molecule has 0 aliphatic heterocycles. The summed E-state index contributed by atoms with van der Waals surface area (Å²) < 4.78 is 107. The number of rotatable bonds is 4. The molecular formula is C45H33N3O. The van der Waals surface area contributed by atoms with E-state index in [0.717, 1.165) is 16.5 Å². The van der Waals surface area contributed by atoms with Gasteiger partial charge in [0, 0.05) is 38.4 Å². The third kappa shape index (κ3) is 4.55. The molecule has 4 heteroatoms. The van der Waals surface area contributed by atoms with Gasteiger partial charge in [0.05, 0.1) is 9.60 Å². The molecule has 10 rings (SSSR count). The fourth-order valence-electron chi connectivity index (χ4n) is 6.99. The van der Waals surface area contributed by atoms with Crippen molar-refractivity contribution in [2.24, 2.45) is 0 Å². The molecule has 6 aromatic carbocycles. The van der Waals surface area contributed by atoms with Crippen molar-refractivity contribution >= 4 is 21.9 Å². The number of hydrogen-bond acceptors (Lipinski definition) is 4. The Labute approximate surface area is 300 Å². The van der Waals surface area contributed by atoms with E-state index in [9.17, 15) is 9.60 Å². The molecule has 1 spiro atoms. The topological polar surface area (TPSA) is 51.8 Å². The van der Waals surface area contributed by atoms with E-state index >= 15 is 0 Å². The Balaban J connectivity index is 1.16. The van der Waals surface area contributed by atoms with Crippen molar-refractivity contribution in [3.8, 4) is 56.4 Å². The molecular weight excluding hydrogens is 599 g/mol. The number of benzene rings is 6. The zero-order valence-corrected chi connectivity index (χ0v) is 26.1. The molecule has 1 fully saturated rings. The summed E-state index contributed by atoms with van der Waals surface area (Å²) in [6.07, 6.45) is -4.98. The van der Waals surface area contributed by atoms with Crippen LogP contribution in [0, 0.1) is 0 Å². The van der Waals surface area contributed by atoms with Crippen LogP contribution < -0.4 is 0 Å². The normalized spacial score (nSPS) is 20.0. The molecule has 0 N–H and O–H groups in total. The molecule has 2 heterocycles. The molecule has 234 valence electrons. The van der Waals surface area contributed by atoms with Gasteiger partial charge in [-0.2, -0.15) is 0 Å². The Bertz CT molecular complexity index is 3040. The maximum absolute atomic E-state index is 9.74. The minimum atomic E-state index is -2.43. The van der Waals surface area contributed by atoms with Crippen molar-refractivity contribution in [2.45, 2.75) is 37.4 Å². The molecule has 8 aromatic rings. The summed E-state index contributed by atoms with van der Waals surface area (Å²) in [7, 11) is 0. The van der Waals surface area contributed by atoms with E-state index in [2.05, 4.69) is 0 Å². The summed E-state index contributed by atoms with van der Waals surface area (Å²) in [6, 6.07) is 26.2. The summed E-state index contributed by atoms with van der Waals surface area (Å²) in [4.78, 5) is 14.5. The predicted molar refractivity (Wildman–Crippen MR) is 198 cm³/mol. The third-order valence-corrected chi connectivity index (χ3v) is 9.35. The highest BCUT2D eigenvalue weighted by molar-refractivity contribution is 6.07. The maximum atomic E-state index is 9.74. The van der Waals surface area contributed by atoms with Gasteiger partial charge in [-0.15, -0.1) is 0 Å². The van der Waals surface area contributed by atoms with E-state index in [1.165, 1.54) is 0 Å². The van der Waals surface area contributed by atoms with Crippen LogP contribution in [0.25, 0.3) is 78.4 Å². The summed E-state index contributed by atoms with van der Waals surface area (Å²) >= 11 is 0. The summed E-state index contributed by atoms with van der Waals surface area (Å²) in [6.45, 7) is 0. The Morgan fingerprint density at radius 1 is 0.531 bits per heavy atom. The number of furan rings is 1. The minimum Gasteiger partial charge on any atom is -0.456 e. The molecule has 2 aliphatic carbocycles. The summed E-state index contributed by atoms with van der Waals surface area (Å²) in [5.41, 5.74) is 0.225. The first-order chi connectivity index (χ1) is 28.7. The highest BCUT2D eigenvalue weighted by Crippen LogP contribution is 2.56. The van der Waals surface area contributed by atoms with Gasteiger partial charge in [-0.25, -0.2) is 15.0 Å². The molecule has 0 radical (unpaired) electrons. The molecule has 0 atom stereocenters. The number of aromatic nitrogens is 3. The van der Waals surface area contributed by atoms with Crippen molar-refractivity contribution < 1.29 is 19.5 Å². The first-order valence-electron chi connectivity index (χ1n) is 21.8. The summed E-state index contributed by atoms with van der Waals surface area (Å²) in [5.74, 6) is 1.48. The molecule has 1 saturated carbocycles. The SMILES string of the molecule is [2H]c1c([2H])c([2H])c2c(c1[2H])-c1c([2H])c([2H])c(-c3ccc4c(c3)oc3ccc(-c5nc(-c6ccccc6)nc(-c6ccccc6)n5)cc34)c([2H])c1C21C([2H])([2H])CCCC1([2H])[2H]. The van der Waals surface area contributed by atoms with Crippen LogP contribution in [-0.4, -0.2) is 15.0 Å². The van der Waals surface area contributed by atoms with Crippen molar-refractivity contribution in [1.29, 1.82) is 0 Å². The Morgan fingerprint density at radius 2 is 1.18 bits per heavy atom. The minimum absolute atomic E-state index is 0.0616. The third-order valence-electron chi connectivity index (χ3n) is 9.35. The molecule has 2 aliphatic rings. The first kappa shape index (κ1) is 19.2. The quantitative estimate of drug-likeness (QED) is 0.192. The first-order valence-corrected chi connectivity index (χ1v) is 16.3. The molecule has 0 saturated heterocycles. The second kappa shape index (κ2) is 11.1. The zero-order chi connectivity index (χ0) is 42.0. The standard InChI is InChI=1S/C45H33N3O/c1-4-12-29(13-5-1)42-46-43(30-14-6-2-7-15-30)48-44(47-42)33-20-23-40-37(26-33)36-22-19-32(28-41(36)49-40)31-18-21-35-34-16-8-9-17-38(34)45(39(35)27-31)24-10-3-11-25-45/h1-2,4-9,12-23,26-28H,3,10-11,24-25H2/i8D,9D,16D,17D,18D,21D,24D2,25D2,27D. The van der Waals surface area contributed by atoms with Gasteiger partial charge in [-0.05, 0) is 82.5 Å². The van der Waals surface area contributed by atoms with Crippen LogP contribution >= 0.6 is 0 Å². The summed E-state index contributed by atoms with van der Waals surface area (Å²) in [5, 5.41) is 1.44. The van der Waals surface area contributed by atoms with Gasteiger partial charge < -0.3 is 4.42 Å². The van der Waals surface area contributed by atoms with Crippen molar-refractivity contribution in [2.75, 3.05) is 0 Å². The lowest BCUT2D eigenvalue weighted by Gasteiger charge is -2.36. The highest BCUT2D eigenvalue weighted by Gasteiger charge is 2.43. The van der Waals surface area contributed by atoms with Crippen molar-refractivity contribution in [3.05, 3.63) is 150 Å². The van der Waals surface area contributed by atoms with E-state index in [1.54, 1.807) is 18.2 Å². The van der Waals surface area contributed by atoms with Crippen LogP contribution in [0.3, 0.4) is 0 Å². The Morgan fingerprint density at radius 3 is 1.92 bits per heavy atom. The Hall–Kier alpha value is -5.87. The van der Waals surface area contributed by atoms with Crippen LogP contribution in [0.5, 0.6) is 0 Å².